The normalized spacial score (nSPS) is 13.9. The van der Waals surface area contributed by atoms with Crippen LogP contribution in [0.5, 0.6) is 5.88 Å². The molecule has 0 bridgehead atoms. The molecule has 9 nitrogen and oxygen atoms in total. The number of fused-ring (bicyclic) bond motifs is 1. The summed E-state index contributed by atoms with van der Waals surface area (Å²) in [6.45, 7) is 0.887. The van der Waals surface area contributed by atoms with Crippen molar-refractivity contribution in [3.63, 3.8) is 0 Å². The van der Waals surface area contributed by atoms with Gasteiger partial charge in [-0.2, -0.15) is 5.10 Å². The number of carboxylic acid groups (broad SMARTS) is 1. The lowest BCUT2D eigenvalue weighted by molar-refractivity contribution is -0.0589. The van der Waals surface area contributed by atoms with Gasteiger partial charge in [0, 0.05) is 42.8 Å². The third-order valence-electron chi connectivity index (χ3n) is 8.32. The molecule has 4 heterocycles. The second kappa shape index (κ2) is 13.3. The van der Waals surface area contributed by atoms with Gasteiger partial charge < -0.3 is 19.1 Å². The standard InChI is InChI=1S/C37H28F3N5O4/c1-44-26(11-13-41-44)9-6-22-5-7-24(29(38)15-22)21-49-36-4-2-3-32(43-36)28-19-30(39)25(16-31(28)40)18-35-42-33-10-8-23(37(46)47)17-34(33)45(35)20-27-12-14-48-27/h2-5,7-8,10-11,13,15-17,19,27H,12,14,18,20-21H2,1H3,(H,46,47)/t27-/m0/s1. The molecule has 3 aromatic heterocycles. The molecule has 0 aliphatic carbocycles. The molecule has 1 saturated heterocycles. The SMILES string of the molecule is Cn1nccc1C#Cc1ccc(COc2cccc(-c3cc(F)c(Cc4nc5ccc(C(=O)O)cc5n4C[C@@H]4CCO4)cc3F)n2)c(F)c1. The zero-order valence-electron chi connectivity index (χ0n) is 26.2. The van der Waals surface area contributed by atoms with Crippen LogP contribution in [0.2, 0.25) is 0 Å². The Bertz CT molecular complexity index is 2280. The van der Waals surface area contributed by atoms with E-state index >= 15 is 8.78 Å². The molecule has 3 aromatic carbocycles. The maximum absolute atomic E-state index is 15.6. The number of aromatic carboxylic acids is 1. The molecule has 0 unspecified atom stereocenters. The van der Waals surface area contributed by atoms with Gasteiger partial charge in [0.2, 0.25) is 5.88 Å². The van der Waals surface area contributed by atoms with E-state index in [1.165, 1.54) is 24.3 Å². The largest absolute Gasteiger partial charge is 0.478 e. The van der Waals surface area contributed by atoms with Crippen molar-refractivity contribution < 1.29 is 32.5 Å². The first-order valence-corrected chi connectivity index (χ1v) is 15.4. The van der Waals surface area contributed by atoms with E-state index in [1.807, 2.05) is 4.57 Å². The minimum atomic E-state index is -1.08. The molecule has 1 atom stereocenters. The second-order valence-corrected chi connectivity index (χ2v) is 11.6. The van der Waals surface area contributed by atoms with E-state index in [1.54, 1.807) is 54.3 Å². The number of halogens is 3. The fraction of sp³-hybridized carbons (Fsp3) is 0.189. The third-order valence-corrected chi connectivity index (χ3v) is 8.32. The fourth-order valence-electron chi connectivity index (χ4n) is 5.54. The van der Waals surface area contributed by atoms with Crippen LogP contribution in [0, 0.1) is 29.3 Å². The zero-order chi connectivity index (χ0) is 34.1. The molecule has 1 N–H and O–H groups in total. The Balaban J connectivity index is 1.09. The van der Waals surface area contributed by atoms with Gasteiger partial charge in [-0.1, -0.05) is 18.1 Å². The van der Waals surface area contributed by atoms with Crippen LogP contribution in [0.3, 0.4) is 0 Å². The molecule has 1 aliphatic rings. The molecule has 0 radical (unpaired) electrons. The number of carbonyl (C=O) groups is 1. The van der Waals surface area contributed by atoms with Gasteiger partial charge in [0.25, 0.3) is 0 Å². The molecular weight excluding hydrogens is 635 g/mol. The molecule has 7 rings (SSSR count). The number of rotatable bonds is 9. The van der Waals surface area contributed by atoms with E-state index in [4.69, 9.17) is 9.47 Å². The molecule has 12 heteroatoms. The Hall–Kier alpha value is -5.93. The summed E-state index contributed by atoms with van der Waals surface area (Å²) in [6, 6.07) is 17.8. The van der Waals surface area contributed by atoms with Gasteiger partial charge in [-0.3, -0.25) is 4.68 Å². The molecule has 0 spiro atoms. The summed E-state index contributed by atoms with van der Waals surface area (Å²) in [4.78, 5) is 20.6. The van der Waals surface area contributed by atoms with Crippen molar-refractivity contribution in [2.45, 2.75) is 32.1 Å². The number of carboxylic acids is 1. The Morgan fingerprint density at radius 3 is 2.55 bits per heavy atom. The van der Waals surface area contributed by atoms with Gasteiger partial charge >= 0.3 is 5.97 Å². The summed E-state index contributed by atoms with van der Waals surface area (Å²) in [5, 5.41) is 13.5. The monoisotopic (exact) mass is 663 g/mol. The predicted molar refractivity (Wildman–Crippen MR) is 173 cm³/mol. The topological polar surface area (TPSA) is 104 Å². The zero-order valence-corrected chi connectivity index (χ0v) is 26.2. The molecular formula is C37H28F3N5O4. The second-order valence-electron chi connectivity index (χ2n) is 11.6. The first-order valence-electron chi connectivity index (χ1n) is 15.4. The van der Waals surface area contributed by atoms with Crippen molar-refractivity contribution >= 4 is 17.0 Å². The summed E-state index contributed by atoms with van der Waals surface area (Å²) < 4.78 is 60.7. The molecule has 1 fully saturated rings. The highest BCUT2D eigenvalue weighted by atomic mass is 19.1. The number of hydrogen-bond donors (Lipinski definition) is 1. The first-order chi connectivity index (χ1) is 23.7. The van der Waals surface area contributed by atoms with Gasteiger partial charge in [-0.05, 0) is 72.5 Å². The van der Waals surface area contributed by atoms with E-state index in [2.05, 4.69) is 26.9 Å². The number of nitrogens with zero attached hydrogens (tertiary/aromatic N) is 5. The highest BCUT2D eigenvalue weighted by Crippen LogP contribution is 2.29. The summed E-state index contributed by atoms with van der Waals surface area (Å²) in [7, 11) is 1.77. The summed E-state index contributed by atoms with van der Waals surface area (Å²) in [5.74, 6) is 3.46. The maximum atomic E-state index is 15.6. The minimum Gasteiger partial charge on any atom is -0.478 e. The Kier molecular flexibility index (Phi) is 8.59. The lowest BCUT2D eigenvalue weighted by Crippen LogP contribution is -2.31. The van der Waals surface area contributed by atoms with Crippen molar-refractivity contribution in [3.05, 3.63) is 130 Å². The quantitative estimate of drug-likeness (QED) is 0.181. The maximum Gasteiger partial charge on any atom is 0.335 e. The summed E-state index contributed by atoms with van der Waals surface area (Å²) >= 11 is 0. The van der Waals surface area contributed by atoms with E-state index in [9.17, 15) is 14.3 Å². The van der Waals surface area contributed by atoms with E-state index in [0.29, 0.717) is 41.3 Å². The summed E-state index contributed by atoms with van der Waals surface area (Å²) in [6.07, 6.45) is 2.34. The van der Waals surface area contributed by atoms with Crippen molar-refractivity contribution in [2.24, 2.45) is 7.05 Å². The van der Waals surface area contributed by atoms with E-state index in [0.717, 1.165) is 18.6 Å². The molecule has 0 saturated carbocycles. The average molecular weight is 664 g/mol. The number of aromatic nitrogens is 5. The van der Waals surface area contributed by atoms with Gasteiger partial charge in [0.1, 0.15) is 35.6 Å². The first kappa shape index (κ1) is 31.7. The van der Waals surface area contributed by atoms with Crippen molar-refractivity contribution in [1.29, 1.82) is 0 Å². The molecule has 1 aliphatic heterocycles. The minimum absolute atomic E-state index is 0.0390. The van der Waals surface area contributed by atoms with E-state index in [-0.39, 0.29) is 53.0 Å². The van der Waals surface area contributed by atoms with Gasteiger partial charge in [0.15, 0.2) is 0 Å². The number of imidazole rings is 1. The van der Waals surface area contributed by atoms with Crippen LogP contribution in [-0.4, -0.2) is 48.1 Å². The molecule has 6 aromatic rings. The van der Waals surface area contributed by atoms with Crippen LogP contribution in [0.1, 0.15) is 45.0 Å². The third kappa shape index (κ3) is 6.75. The Labute approximate surface area is 278 Å². The molecule has 246 valence electrons. The van der Waals surface area contributed by atoms with Crippen LogP contribution in [0.15, 0.2) is 79.0 Å². The predicted octanol–water partition coefficient (Wildman–Crippen LogP) is 6.31. The van der Waals surface area contributed by atoms with Crippen LogP contribution in [0.25, 0.3) is 22.3 Å². The average Bonchev–Trinajstić information content (AvgIpc) is 3.64. The fourth-order valence-corrected chi connectivity index (χ4v) is 5.54. The summed E-state index contributed by atoms with van der Waals surface area (Å²) in [5.41, 5.74) is 2.81. The Morgan fingerprint density at radius 2 is 1.82 bits per heavy atom. The van der Waals surface area contributed by atoms with Crippen LogP contribution >= 0.6 is 0 Å². The van der Waals surface area contributed by atoms with Crippen molar-refractivity contribution in [1.82, 2.24) is 24.3 Å². The number of benzene rings is 3. The highest BCUT2D eigenvalue weighted by molar-refractivity contribution is 5.92. The van der Waals surface area contributed by atoms with Gasteiger partial charge in [-0.15, -0.1) is 0 Å². The van der Waals surface area contributed by atoms with Crippen molar-refractivity contribution in [2.75, 3.05) is 6.61 Å². The van der Waals surface area contributed by atoms with Crippen molar-refractivity contribution in [3.8, 4) is 29.0 Å². The lowest BCUT2D eigenvalue weighted by atomic mass is 10.0. The molecule has 0 amide bonds. The highest BCUT2D eigenvalue weighted by Gasteiger charge is 2.24. The number of ether oxygens (including phenoxy) is 2. The Morgan fingerprint density at radius 1 is 0.980 bits per heavy atom. The van der Waals surface area contributed by atoms with Gasteiger partial charge in [-0.25, -0.2) is 27.9 Å². The van der Waals surface area contributed by atoms with Crippen LogP contribution in [-0.2, 0) is 31.4 Å². The van der Waals surface area contributed by atoms with Gasteiger partial charge in [0.05, 0.1) is 41.1 Å². The molecule has 49 heavy (non-hydrogen) atoms. The number of aryl methyl sites for hydroxylation is 1. The smallest absolute Gasteiger partial charge is 0.335 e. The lowest BCUT2D eigenvalue weighted by Gasteiger charge is -2.27. The number of hydrogen-bond acceptors (Lipinski definition) is 6. The van der Waals surface area contributed by atoms with Crippen LogP contribution in [0.4, 0.5) is 13.2 Å². The van der Waals surface area contributed by atoms with Crippen LogP contribution < -0.4 is 4.74 Å². The number of pyridine rings is 1. The van der Waals surface area contributed by atoms with E-state index < -0.39 is 23.4 Å².